The lowest BCUT2D eigenvalue weighted by atomic mass is 10.2. The van der Waals surface area contributed by atoms with Crippen LogP contribution in [0.2, 0.25) is 0 Å². The number of carbonyl (C=O) groups excluding carboxylic acids is 1. The molecule has 102 valence electrons. The second-order valence-electron chi connectivity index (χ2n) is 4.23. The molecule has 3 nitrogen and oxygen atoms in total. The fraction of sp³-hybridized carbons (Fsp3) is 0.0625. The van der Waals surface area contributed by atoms with E-state index >= 15 is 0 Å². The van der Waals surface area contributed by atoms with Gasteiger partial charge >= 0.3 is 0 Å². The van der Waals surface area contributed by atoms with Crippen LogP contribution in [0.5, 0.6) is 5.75 Å². The highest BCUT2D eigenvalue weighted by Gasteiger charge is 1.98. The summed E-state index contributed by atoms with van der Waals surface area (Å²) in [5.74, 6) is 0.280. The van der Waals surface area contributed by atoms with Crippen LogP contribution in [0.4, 0.5) is 0 Å². The number of rotatable bonds is 5. The van der Waals surface area contributed by atoms with Crippen molar-refractivity contribution in [1.82, 2.24) is 0 Å². The Morgan fingerprint density at radius 2 is 2.00 bits per heavy atom. The van der Waals surface area contributed by atoms with Crippen LogP contribution >= 0.6 is 15.9 Å². The quantitative estimate of drug-likeness (QED) is 0.852. The first kappa shape index (κ1) is 14.3. The van der Waals surface area contributed by atoms with Crippen molar-refractivity contribution in [2.24, 2.45) is 5.73 Å². The number of halogens is 1. The monoisotopic (exact) mass is 331 g/mol. The Bertz CT molecular complexity index is 638. The third-order valence-electron chi connectivity index (χ3n) is 2.59. The molecule has 0 bridgehead atoms. The highest BCUT2D eigenvalue weighted by atomic mass is 79.9. The third kappa shape index (κ3) is 4.55. The Hall–Kier alpha value is -2.07. The first-order valence-electron chi connectivity index (χ1n) is 6.08. The van der Waals surface area contributed by atoms with Crippen LogP contribution in [0, 0.1) is 0 Å². The van der Waals surface area contributed by atoms with Gasteiger partial charge in [0.15, 0.2) is 0 Å². The summed E-state index contributed by atoms with van der Waals surface area (Å²) in [5.41, 5.74) is 7.02. The summed E-state index contributed by atoms with van der Waals surface area (Å²) < 4.78 is 6.75. The minimum Gasteiger partial charge on any atom is -0.489 e. The smallest absolute Gasteiger partial charge is 0.241 e. The van der Waals surface area contributed by atoms with Gasteiger partial charge in [-0.2, -0.15) is 0 Å². The highest BCUT2D eigenvalue weighted by Crippen LogP contribution is 2.17. The maximum Gasteiger partial charge on any atom is 0.241 e. The second-order valence-corrected chi connectivity index (χ2v) is 5.14. The lowest BCUT2D eigenvalue weighted by Crippen LogP contribution is -2.05. The number of hydrogen-bond acceptors (Lipinski definition) is 2. The van der Waals surface area contributed by atoms with Gasteiger partial charge in [-0.05, 0) is 41.5 Å². The van der Waals surface area contributed by atoms with Gasteiger partial charge in [0.25, 0.3) is 0 Å². The Kier molecular flexibility index (Phi) is 4.96. The predicted molar refractivity (Wildman–Crippen MR) is 83.1 cm³/mol. The molecule has 1 amide bonds. The molecule has 0 heterocycles. The van der Waals surface area contributed by atoms with Gasteiger partial charge in [0.1, 0.15) is 12.4 Å². The maximum absolute atomic E-state index is 10.7. The van der Waals surface area contributed by atoms with Crippen molar-refractivity contribution in [1.29, 1.82) is 0 Å². The van der Waals surface area contributed by atoms with Crippen molar-refractivity contribution in [3.05, 3.63) is 70.2 Å². The van der Waals surface area contributed by atoms with Crippen molar-refractivity contribution in [2.45, 2.75) is 6.61 Å². The average molecular weight is 332 g/mol. The fourth-order valence-electron chi connectivity index (χ4n) is 1.68. The van der Waals surface area contributed by atoms with Crippen LogP contribution in [-0.2, 0) is 11.4 Å². The van der Waals surface area contributed by atoms with E-state index in [0.29, 0.717) is 6.61 Å². The van der Waals surface area contributed by atoms with E-state index in [1.165, 1.54) is 6.08 Å². The van der Waals surface area contributed by atoms with Gasteiger partial charge < -0.3 is 10.5 Å². The first-order valence-corrected chi connectivity index (χ1v) is 6.87. The summed E-state index contributed by atoms with van der Waals surface area (Å²) in [6, 6.07) is 15.4. The molecule has 0 saturated heterocycles. The third-order valence-corrected chi connectivity index (χ3v) is 3.09. The summed E-state index contributed by atoms with van der Waals surface area (Å²) in [4.78, 5) is 10.7. The number of carbonyl (C=O) groups is 1. The molecule has 4 heteroatoms. The Morgan fingerprint density at radius 3 is 2.75 bits per heavy atom. The molecule has 0 aliphatic carbocycles. The molecule has 2 N–H and O–H groups in total. The van der Waals surface area contributed by atoms with Crippen LogP contribution < -0.4 is 10.5 Å². The molecule has 0 saturated carbocycles. The zero-order chi connectivity index (χ0) is 14.4. The van der Waals surface area contributed by atoms with Crippen LogP contribution in [-0.4, -0.2) is 5.91 Å². The minimum absolute atomic E-state index is 0.467. The second kappa shape index (κ2) is 6.91. The summed E-state index contributed by atoms with van der Waals surface area (Å²) >= 11 is 3.43. The summed E-state index contributed by atoms with van der Waals surface area (Å²) in [6.45, 7) is 0.489. The molecule has 2 rings (SSSR count). The number of amides is 1. The van der Waals surface area contributed by atoms with Gasteiger partial charge in [-0.1, -0.05) is 40.2 Å². The van der Waals surface area contributed by atoms with E-state index in [4.69, 9.17) is 10.5 Å². The average Bonchev–Trinajstić information content (AvgIpc) is 2.43. The Labute approximate surface area is 126 Å². The van der Waals surface area contributed by atoms with Crippen LogP contribution in [0.3, 0.4) is 0 Å². The van der Waals surface area contributed by atoms with Crippen molar-refractivity contribution in [3.8, 4) is 5.75 Å². The van der Waals surface area contributed by atoms with E-state index in [2.05, 4.69) is 15.9 Å². The van der Waals surface area contributed by atoms with Gasteiger partial charge in [-0.25, -0.2) is 0 Å². The molecule has 20 heavy (non-hydrogen) atoms. The van der Waals surface area contributed by atoms with Gasteiger partial charge in [0.2, 0.25) is 5.91 Å². The van der Waals surface area contributed by atoms with Crippen LogP contribution in [0.1, 0.15) is 11.1 Å². The summed E-state index contributed by atoms with van der Waals surface area (Å²) in [6.07, 6.45) is 2.99. The first-order chi connectivity index (χ1) is 9.63. The SMILES string of the molecule is NC(=O)C=Cc1cccc(OCc2cccc(Br)c2)c1. The molecule has 0 unspecified atom stereocenters. The van der Waals surface area contributed by atoms with E-state index in [1.54, 1.807) is 6.08 Å². The number of hydrogen-bond donors (Lipinski definition) is 1. The standard InChI is InChI=1S/C16H14BrNO2/c17-14-5-1-4-13(9-14)11-20-15-6-2-3-12(10-15)7-8-16(18)19/h1-10H,11H2,(H2,18,19). The van der Waals surface area contributed by atoms with E-state index in [9.17, 15) is 4.79 Å². The molecule has 0 atom stereocenters. The number of nitrogens with two attached hydrogens (primary N) is 1. The topological polar surface area (TPSA) is 52.3 Å². The minimum atomic E-state index is -0.467. The van der Waals surface area contributed by atoms with Gasteiger partial charge in [0, 0.05) is 10.5 Å². The van der Waals surface area contributed by atoms with Crippen molar-refractivity contribution in [3.63, 3.8) is 0 Å². The van der Waals surface area contributed by atoms with E-state index in [1.807, 2.05) is 48.5 Å². The molecule has 0 aromatic heterocycles. The molecule has 0 radical (unpaired) electrons. The van der Waals surface area contributed by atoms with Crippen molar-refractivity contribution in [2.75, 3.05) is 0 Å². The number of primary amides is 1. The number of benzene rings is 2. The number of ether oxygens (including phenoxy) is 1. The van der Waals surface area contributed by atoms with E-state index in [0.717, 1.165) is 21.3 Å². The molecular formula is C16H14BrNO2. The van der Waals surface area contributed by atoms with Crippen molar-refractivity contribution < 1.29 is 9.53 Å². The zero-order valence-corrected chi connectivity index (χ0v) is 12.3. The maximum atomic E-state index is 10.7. The normalized spacial score (nSPS) is 10.7. The summed E-state index contributed by atoms with van der Waals surface area (Å²) in [5, 5.41) is 0. The lowest BCUT2D eigenvalue weighted by Gasteiger charge is -2.07. The molecular weight excluding hydrogens is 318 g/mol. The lowest BCUT2D eigenvalue weighted by molar-refractivity contribution is -0.113. The van der Waals surface area contributed by atoms with E-state index < -0.39 is 5.91 Å². The highest BCUT2D eigenvalue weighted by molar-refractivity contribution is 9.10. The molecule has 2 aromatic carbocycles. The van der Waals surface area contributed by atoms with Crippen LogP contribution in [0.15, 0.2) is 59.1 Å². The molecule has 0 aliphatic heterocycles. The zero-order valence-electron chi connectivity index (χ0n) is 10.8. The fourth-order valence-corrected chi connectivity index (χ4v) is 2.13. The van der Waals surface area contributed by atoms with Gasteiger partial charge in [0.05, 0.1) is 0 Å². The molecule has 0 spiro atoms. The largest absolute Gasteiger partial charge is 0.489 e. The summed E-state index contributed by atoms with van der Waals surface area (Å²) in [7, 11) is 0. The van der Waals surface area contributed by atoms with Gasteiger partial charge in [-0.15, -0.1) is 0 Å². The van der Waals surface area contributed by atoms with Gasteiger partial charge in [-0.3, -0.25) is 4.79 Å². The van der Waals surface area contributed by atoms with E-state index in [-0.39, 0.29) is 0 Å². The molecule has 0 fully saturated rings. The molecule has 0 aliphatic rings. The Morgan fingerprint density at radius 1 is 1.20 bits per heavy atom. The molecule has 2 aromatic rings. The van der Waals surface area contributed by atoms with Crippen molar-refractivity contribution >= 4 is 27.9 Å². The predicted octanol–water partition coefficient (Wildman–Crippen LogP) is 3.53. The van der Waals surface area contributed by atoms with Crippen LogP contribution in [0.25, 0.3) is 6.08 Å². The Balaban J connectivity index is 2.03.